The van der Waals surface area contributed by atoms with Crippen molar-refractivity contribution in [3.8, 4) is 0 Å². The van der Waals surface area contributed by atoms with Gasteiger partial charge in [0.05, 0.1) is 7.11 Å². The summed E-state index contributed by atoms with van der Waals surface area (Å²) in [7, 11) is 1.15. The number of rotatable bonds is 5. The van der Waals surface area contributed by atoms with E-state index in [1.807, 2.05) is 0 Å². The second-order valence-corrected chi connectivity index (χ2v) is 5.04. The van der Waals surface area contributed by atoms with Crippen LogP contribution < -0.4 is 5.32 Å². The Morgan fingerprint density at radius 2 is 1.58 bits per heavy atom. The lowest BCUT2D eigenvalue weighted by Gasteiger charge is -2.17. The van der Waals surface area contributed by atoms with Crippen LogP contribution in [0.25, 0.3) is 0 Å². The molecule has 1 atom stereocenters. The maximum absolute atomic E-state index is 13.2. The normalized spacial score (nSPS) is 11.7. The van der Waals surface area contributed by atoms with Gasteiger partial charge in [-0.1, -0.05) is 12.1 Å². The summed E-state index contributed by atoms with van der Waals surface area (Å²) in [5.41, 5.74) is 0.318. The minimum atomic E-state index is -1.08. The first-order chi connectivity index (χ1) is 11.4. The number of hydrogen-bond donors (Lipinski definition) is 1. The van der Waals surface area contributed by atoms with Gasteiger partial charge in [0, 0.05) is 18.1 Å². The van der Waals surface area contributed by atoms with Crippen molar-refractivity contribution < 1.29 is 27.5 Å². The first-order valence-electron chi connectivity index (χ1n) is 6.98. The molecule has 0 aliphatic heterocycles. The van der Waals surface area contributed by atoms with Crippen molar-refractivity contribution in [1.29, 1.82) is 0 Å². The van der Waals surface area contributed by atoms with Crippen LogP contribution in [0.4, 0.5) is 13.2 Å². The standard InChI is InChI=1S/C17H14F3NO3/c1-24-17(23)15(6-10-2-4-12(18)5-3-10)21-16(22)11-7-13(19)9-14(20)8-11/h2-5,7-9,15H,6H2,1H3,(H,21,22)/t15-/m1/s1. The molecule has 0 aliphatic carbocycles. The summed E-state index contributed by atoms with van der Waals surface area (Å²) in [5, 5.41) is 2.36. The predicted octanol–water partition coefficient (Wildman–Crippen LogP) is 2.62. The predicted molar refractivity (Wildman–Crippen MR) is 79.7 cm³/mol. The summed E-state index contributed by atoms with van der Waals surface area (Å²) in [6.45, 7) is 0. The molecule has 0 saturated heterocycles. The molecule has 0 aromatic heterocycles. The quantitative estimate of drug-likeness (QED) is 0.854. The summed E-state index contributed by atoms with van der Waals surface area (Å²) in [6, 6.07) is 6.60. The Bertz CT molecular complexity index is 727. The molecule has 0 radical (unpaired) electrons. The first-order valence-corrected chi connectivity index (χ1v) is 6.98. The number of ether oxygens (including phenoxy) is 1. The number of benzene rings is 2. The summed E-state index contributed by atoms with van der Waals surface area (Å²) in [4.78, 5) is 23.9. The van der Waals surface area contributed by atoms with Crippen LogP contribution in [-0.2, 0) is 16.0 Å². The molecule has 0 unspecified atom stereocenters. The van der Waals surface area contributed by atoms with Gasteiger partial charge in [0.1, 0.15) is 23.5 Å². The molecule has 7 heteroatoms. The molecule has 2 aromatic rings. The Morgan fingerprint density at radius 3 is 2.12 bits per heavy atom. The van der Waals surface area contributed by atoms with Crippen LogP contribution in [0, 0.1) is 17.5 Å². The Labute approximate surface area is 136 Å². The van der Waals surface area contributed by atoms with Gasteiger partial charge in [-0.2, -0.15) is 0 Å². The zero-order chi connectivity index (χ0) is 17.7. The van der Waals surface area contributed by atoms with Crippen molar-refractivity contribution in [3.63, 3.8) is 0 Å². The van der Waals surface area contributed by atoms with E-state index in [4.69, 9.17) is 0 Å². The molecule has 1 N–H and O–H groups in total. The van der Waals surface area contributed by atoms with E-state index in [0.717, 1.165) is 19.2 Å². The average molecular weight is 337 g/mol. The maximum Gasteiger partial charge on any atom is 0.328 e. The molecular formula is C17H14F3NO3. The molecule has 0 spiro atoms. The molecule has 1 amide bonds. The molecule has 0 bridgehead atoms. The highest BCUT2D eigenvalue weighted by molar-refractivity contribution is 5.96. The van der Waals surface area contributed by atoms with E-state index >= 15 is 0 Å². The van der Waals surface area contributed by atoms with Gasteiger partial charge < -0.3 is 10.1 Å². The first kappa shape index (κ1) is 17.5. The van der Waals surface area contributed by atoms with Gasteiger partial charge in [-0.15, -0.1) is 0 Å². The van der Waals surface area contributed by atoms with Gasteiger partial charge in [0.15, 0.2) is 0 Å². The molecule has 4 nitrogen and oxygen atoms in total. The molecule has 24 heavy (non-hydrogen) atoms. The van der Waals surface area contributed by atoms with E-state index in [-0.39, 0.29) is 12.0 Å². The van der Waals surface area contributed by atoms with Crippen molar-refractivity contribution in [2.24, 2.45) is 0 Å². The Kier molecular flexibility index (Phi) is 5.57. The second kappa shape index (κ2) is 7.63. The lowest BCUT2D eigenvalue weighted by molar-refractivity contribution is -0.142. The van der Waals surface area contributed by atoms with E-state index in [2.05, 4.69) is 10.1 Å². The Balaban J connectivity index is 2.17. The average Bonchev–Trinajstić information content (AvgIpc) is 2.54. The van der Waals surface area contributed by atoms with Crippen LogP contribution in [0.15, 0.2) is 42.5 Å². The van der Waals surface area contributed by atoms with Crippen LogP contribution in [-0.4, -0.2) is 25.0 Å². The fraction of sp³-hybridized carbons (Fsp3) is 0.176. The zero-order valence-corrected chi connectivity index (χ0v) is 12.7. The van der Waals surface area contributed by atoms with E-state index in [1.54, 1.807) is 0 Å². The zero-order valence-electron chi connectivity index (χ0n) is 12.7. The van der Waals surface area contributed by atoms with Crippen LogP contribution in [0.2, 0.25) is 0 Å². The molecular weight excluding hydrogens is 323 g/mol. The third-order valence-electron chi connectivity index (χ3n) is 3.27. The minimum absolute atomic E-state index is 0.0382. The molecule has 126 valence electrons. The molecule has 0 aliphatic rings. The van der Waals surface area contributed by atoms with Crippen molar-refractivity contribution in [3.05, 3.63) is 71.0 Å². The molecule has 0 saturated carbocycles. The van der Waals surface area contributed by atoms with Crippen molar-refractivity contribution >= 4 is 11.9 Å². The van der Waals surface area contributed by atoms with Crippen LogP contribution in [0.5, 0.6) is 0 Å². The van der Waals surface area contributed by atoms with Gasteiger partial charge in [-0.05, 0) is 29.8 Å². The lowest BCUT2D eigenvalue weighted by Crippen LogP contribution is -2.43. The van der Waals surface area contributed by atoms with Gasteiger partial charge in [-0.25, -0.2) is 18.0 Å². The van der Waals surface area contributed by atoms with E-state index in [0.29, 0.717) is 11.6 Å². The van der Waals surface area contributed by atoms with E-state index in [1.165, 1.54) is 24.3 Å². The van der Waals surface area contributed by atoms with Gasteiger partial charge >= 0.3 is 5.97 Å². The van der Waals surface area contributed by atoms with Crippen molar-refractivity contribution in [2.45, 2.75) is 12.5 Å². The second-order valence-electron chi connectivity index (χ2n) is 5.04. The lowest BCUT2D eigenvalue weighted by atomic mass is 10.1. The fourth-order valence-corrected chi connectivity index (χ4v) is 2.12. The van der Waals surface area contributed by atoms with Crippen LogP contribution in [0.1, 0.15) is 15.9 Å². The highest BCUT2D eigenvalue weighted by Crippen LogP contribution is 2.10. The number of hydrogen-bond acceptors (Lipinski definition) is 3. The largest absolute Gasteiger partial charge is 0.467 e. The number of amides is 1. The fourth-order valence-electron chi connectivity index (χ4n) is 2.12. The smallest absolute Gasteiger partial charge is 0.328 e. The molecule has 0 heterocycles. The van der Waals surface area contributed by atoms with Crippen molar-refractivity contribution in [2.75, 3.05) is 7.11 Å². The highest BCUT2D eigenvalue weighted by Gasteiger charge is 2.23. The number of carbonyl (C=O) groups is 2. The van der Waals surface area contributed by atoms with Crippen LogP contribution >= 0.6 is 0 Å². The summed E-state index contributed by atoms with van der Waals surface area (Å²) >= 11 is 0. The third kappa shape index (κ3) is 4.58. The number of nitrogens with one attached hydrogen (secondary N) is 1. The Hall–Kier alpha value is -2.83. The van der Waals surface area contributed by atoms with Gasteiger partial charge in [0.25, 0.3) is 5.91 Å². The summed E-state index contributed by atoms with van der Waals surface area (Å²) in [5.74, 6) is -3.82. The summed E-state index contributed by atoms with van der Waals surface area (Å²) in [6.07, 6.45) is 0.0382. The van der Waals surface area contributed by atoms with Gasteiger partial charge in [0.2, 0.25) is 0 Å². The number of halogens is 3. The monoisotopic (exact) mass is 337 g/mol. The SMILES string of the molecule is COC(=O)[C@@H](Cc1ccc(F)cc1)NC(=O)c1cc(F)cc(F)c1. The third-order valence-corrected chi connectivity index (χ3v) is 3.27. The number of carbonyl (C=O) groups excluding carboxylic acids is 2. The highest BCUT2D eigenvalue weighted by atomic mass is 19.1. The van der Waals surface area contributed by atoms with Gasteiger partial charge in [-0.3, -0.25) is 4.79 Å². The summed E-state index contributed by atoms with van der Waals surface area (Å²) < 4.78 is 43.9. The van der Waals surface area contributed by atoms with E-state index < -0.39 is 35.4 Å². The minimum Gasteiger partial charge on any atom is -0.467 e. The molecule has 0 fully saturated rings. The maximum atomic E-state index is 13.2. The van der Waals surface area contributed by atoms with Crippen molar-refractivity contribution in [1.82, 2.24) is 5.32 Å². The topological polar surface area (TPSA) is 55.4 Å². The van der Waals surface area contributed by atoms with E-state index in [9.17, 15) is 22.8 Å². The van der Waals surface area contributed by atoms with Crippen LogP contribution in [0.3, 0.4) is 0 Å². The Morgan fingerprint density at radius 1 is 1.00 bits per heavy atom. The number of methoxy groups -OCH3 is 1. The molecule has 2 aromatic carbocycles. The molecule has 2 rings (SSSR count). The number of esters is 1.